The average molecular weight is 834 g/mol. The van der Waals surface area contributed by atoms with Crippen LogP contribution in [0.5, 0.6) is 0 Å². The van der Waals surface area contributed by atoms with Crippen LogP contribution in [0.25, 0.3) is 132 Å². The molecule has 65 heavy (non-hydrogen) atoms. The summed E-state index contributed by atoms with van der Waals surface area (Å²) >= 11 is 0. The first-order valence-electron chi connectivity index (χ1n) is 25.1. The van der Waals surface area contributed by atoms with Crippen LogP contribution < -0.4 is 0 Å². The Morgan fingerprint density at radius 1 is 0.354 bits per heavy atom. The number of furan rings is 1. The molecule has 13 aromatic rings. The summed E-state index contributed by atoms with van der Waals surface area (Å²) in [6.45, 7) is 0. The van der Waals surface area contributed by atoms with Crippen LogP contribution in [0.4, 0.5) is 0 Å². The fraction of sp³-hybridized carbons (Fsp3) is 0. The summed E-state index contributed by atoms with van der Waals surface area (Å²) in [5.74, 6) is 1.48. The van der Waals surface area contributed by atoms with E-state index in [1.54, 1.807) is 0 Å². The molecule has 10 aromatic carbocycles. The lowest BCUT2D eigenvalue weighted by Crippen LogP contribution is -1.91. The van der Waals surface area contributed by atoms with E-state index in [0.717, 1.165) is 99.1 Å². The SMILES string of the molecule is [2H]c1nc2c(c([2H])c1[2H])c([2H])c([2H])c1c([2H])c([2H])c(-c3ccc(-c4cccc(-c5oc(-c6cccc7ccccc67)c(-c6cccc7ccccc67)c5-c5cccc6ccccc56)c4)c4ccccc34)nc12. The molecule has 0 amide bonds. The second kappa shape index (κ2) is 15.0. The van der Waals surface area contributed by atoms with Gasteiger partial charge in [-0.1, -0.05) is 206 Å². The van der Waals surface area contributed by atoms with Crippen LogP contribution >= 0.6 is 0 Å². The summed E-state index contributed by atoms with van der Waals surface area (Å²) in [5.41, 5.74) is 8.51. The molecule has 3 heterocycles. The summed E-state index contributed by atoms with van der Waals surface area (Å²) in [6, 6.07) is 62.7. The van der Waals surface area contributed by atoms with Crippen LogP contribution in [0.15, 0.2) is 235 Å². The molecule has 0 N–H and O–H groups in total. The summed E-state index contributed by atoms with van der Waals surface area (Å²) in [6.07, 6.45) is -0.471. The number of hydrogen-bond donors (Lipinski definition) is 0. The van der Waals surface area contributed by atoms with Crippen molar-refractivity contribution in [3.8, 4) is 67.3 Å². The topological polar surface area (TPSA) is 38.9 Å². The molecule has 0 spiro atoms. The quantitative estimate of drug-likeness (QED) is 0.157. The molecular formula is C62H38N2O. The number of nitrogens with zero attached hydrogens (tertiary/aromatic N) is 2. The lowest BCUT2D eigenvalue weighted by atomic mass is 9.86. The molecule has 0 aliphatic rings. The molecule has 3 aromatic heterocycles. The van der Waals surface area contributed by atoms with Gasteiger partial charge in [-0.05, 0) is 83.5 Å². The number of pyridine rings is 2. The molecule has 0 aliphatic heterocycles. The number of benzene rings is 10. The number of aromatic nitrogens is 2. The lowest BCUT2D eigenvalue weighted by molar-refractivity contribution is 0.599. The van der Waals surface area contributed by atoms with E-state index in [1.165, 1.54) is 0 Å². The van der Waals surface area contributed by atoms with Gasteiger partial charge in [0.15, 0.2) is 0 Å². The van der Waals surface area contributed by atoms with Crippen LogP contribution in [0.3, 0.4) is 0 Å². The van der Waals surface area contributed by atoms with Crippen molar-refractivity contribution in [3.05, 3.63) is 230 Å². The predicted molar refractivity (Wildman–Crippen MR) is 272 cm³/mol. The molecule has 302 valence electrons. The van der Waals surface area contributed by atoms with E-state index in [-0.39, 0.29) is 45.6 Å². The normalized spacial score (nSPS) is 13.2. The molecule has 3 nitrogen and oxygen atoms in total. The van der Waals surface area contributed by atoms with Crippen molar-refractivity contribution in [1.29, 1.82) is 0 Å². The Kier molecular flexibility index (Phi) is 7.02. The maximum Gasteiger partial charge on any atom is 0.143 e. The zero-order valence-electron chi connectivity index (χ0n) is 41.7. The minimum atomic E-state index is -0.471. The van der Waals surface area contributed by atoms with Crippen molar-refractivity contribution in [2.24, 2.45) is 0 Å². The third-order valence-corrected chi connectivity index (χ3v) is 12.6. The molecule has 0 unspecified atom stereocenters. The highest BCUT2D eigenvalue weighted by Gasteiger charge is 2.28. The highest BCUT2D eigenvalue weighted by atomic mass is 16.3. The summed E-state index contributed by atoms with van der Waals surface area (Å²) in [4.78, 5) is 9.17. The standard InChI is InChI=1S/C62H38N2O/c1-4-23-46-39(14-1)17-10-28-53(46)57-58(54-29-11-18-40-15-2-5-24-47(40)54)62(55-30-12-19-41-16-3-6-25-48(41)55)65-61(57)45-21-9-20-44(38-45)49-34-35-52(51-27-8-7-26-50(49)51)56-36-33-43-32-31-42-22-13-37-63-59(42)60(43)64-56/h1-38H/i13D,22D,31D,32D,33D,36D,37D. The minimum Gasteiger partial charge on any atom is -0.455 e. The van der Waals surface area contributed by atoms with Gasteiger partial charge in [-0.15, -0.1) is 0 Å². The van der Waals surface area contributed by atoms with E-state index in [9.17, 15) is 1.37 Å². The third kappa shape index (κ3) is 6.05. The molecule has 0 saturated heterocycles. The summed E-state index contributed by atoms with van der Waals surface area (Å²) in [7, 11) is 0. The first kappa shape index (κ1) is 30.4. The Morgan fingerprint density at radius 2 is 0.846 bits per heavy atom. The average Bonchev–Trinajstić information content (AvgIpc) is 3.81. The molecule has 0 radical (unpaired) electrons. The number of rotatable bonds is 6. The first-order valence-corrected chi connectivity index (χ1v) is 21.6. The second-order valence-corrected chi connectivity index (χ2v) is 16.3. The lowest BCUT2D eigenvalue weighted by Gasteiger charge is -2.14. The summed E-state index contributed by atoms with van der Waals surface area (Å²) in [5, 5.41) is 8.12. The Hall–Kier alpha value is -8.66. The third-order valence-electron chi connectivity index (χ3n) is 12.6. The molecule has 0 fully saturated rings. The monoisotopic (exact) mass is 833 g/mol. The maximum absolute atomic E-state index is 9.27. The Morgan fingerprint density at radius 3 is 1.52 bits per heavy atom. The largest absolute Gasteiger partial charge is 0.455 e. The van der Waals surface area contributed by atoms with E-state index in [2.05, 4.69) is 157 Å². The highest BCUT2D eigenvalue weighted by molar-refractivity contribution is 6.14. The van der Waals surface area contributed by atoms with Crippen LogP contribution in [0, 0.1) is 0 Å². The van der Waals surface area contributed by atoms with Gasteiger partial charge in [0.2, 0.25) is 0 Å². The molecule has 0 saturated carbocycles. The molecule has 0 atom stereocenters. The van der Waals surface area contributed by atoms with Gasteiger partial charge in [0.05, 0.1) is 26.3 Å². The fourth-order valence-electron chi connectivity index (χ4n) is 9.68. The van der Waals surface area contributed by atoms with E-state index >= 15 is 0 Å². The van der Waals surface area contributed by atoms with Gasteiger partial charge in [0, 0.05) is 44.8 Å². The first-order chi connectivity index (χ1) is 35.2. The Balaban J connectivity index is 1.06. The van der Waals surface area contributed by atoms with Gasteiger partial charge in [-0.25, -0.2) is 4.98 Å². The van der Waals surface area contributed by atoms with Crippen molar-refractivity contribution in [2.45, 2.75) is 0 Å². The van der Waals surface area contributed by atoms with Crippen LogP contribution in [-0.2, 0) is 0 Å². The number of fused-ring (bicyclic) bond motifs is 7. The highest BCUT2D eigenvalue weighted by Crippen LogP contribution is 2.52. The van der Waals surface area contributed by atoms with E-state index in [0.29, 0.717) is 5.56 Å². The zero-order valence-corrected chi connectivity index (χ0v) is 34.7. The predicted octanol–water partition coefficient (Wildman–Crippen LogP) is 17.0. The van der Waals surface area contributed by atoms with Gasteiger partial charge in [0.1, 0.15) is 11.5 Å². The van der Waals surface area contributed by atoms with Crippen molar-refractivity contribution >= 4 is 64.9 Å². The van der Waals surface area contributed by atoms with Crippen molar-refractivity contribution < 1.29 is 14.0 Å². The van der Waals surface area contributed by atoms with Gasteiger partial charge < -0.3 is 4.42 Å². The second-order valence-electron chi connectivity index (χ2n) is 16.3. The van der Waals surface area contributed by atoms with Gasteiger partial charge in [0.25, 0.3) is 0 Å². The number of hydrogen-bond acceptors (Lipinski definition) is 3. The maximum atomic E-state index is 9.27. The summed E-state index contributed by atoms with van der Waals surface area (Å²) < 4.78 is 68.7. The van der Waals surface area contributed by atoms with Gasteiger partial charge >= 0.3 is 0 Å². The zero-order chi connectivity index (χ0) is 48.9. The molecular weight excluding hydrogens is 789 g/mol. The van der Waals surface area contributed by atoms with Crippen LogP contribution in [-0.4, -0.2) is 9.97 Å². The van der Waals surface area contributed by atoms with E-state index < -0.39 is 24.3 Å². The minimum absolute atomic E-state index is 0.0162. The van der Waals surface area contributed by atoms with Crippen molar-refractivity contribution in [3.63, 3.8) is 0 Å². The van der Waals surface area contributed by atoms with E-state index in [1.807, 2.05) is 36.4 Å². The van der Waals surface area contributed by atoms with Crippen molar-refractivity contribution in [1.82, 2.24) is 9.97 Å². The van der Waals surface area contributed by atoms with Gasteiger partial charge in [-0.2, -0.15) is 0 Å². The van der Waals surface area contributed by atoms with E-state index in [4.69, 9.17) is 17.6 Å². The Labute approximate surface area is 385 Å². The Bertz CT molecular complexity index is 4430. The smallest absolute Gasteiger partial charge is 0.143 e. The van der Waals surface area contributed by atoms with Crippen LogP contribution in [0.2, 0.25) is 0 Å². The molecule has 0 aliphatic carbocycles. The van der Waals surface area contributed by atoms with Crippen molar-refractivity contribution in [2.75, 3.05) is 0 Å². The molecule has 13 rings (SSSR count). The fourth-order valence-corrected chi connectivity index (χ4v) is 9.68. The van der Waals surface area contributed by atoms with Gasteiger partial charge in [-0.3, -0.25) is 4.98 Å². The molecule has 0 bridgehead atoms. The van der Waals surface area contributed by atoms with Crippen LogP contribution in [0.1, 0.15) is 9.60 Å². The molecule has 3 heteroatoms.